The molecule has 2 saturated carbocycles. The van der Waals surface area contributed by atoms with E-state index in [2.05, 4.69) is 103 Å². The van der Waals surface area contributed by atoms with E-state index in [9.17, 15) is 38.4 Å². The average molecular weight is 1920 g/mol. The van der Waals surface area contributed by atoms with Gasteiger partial charge in [-0.15, -0.1) is 0 Å². The fourth-order valence-corrected chi connectivity index (χ4v) is 18.4. The molecular formula is C114H192N12O12. The Labute approximate surface area is 835 Å². The minimum Gasteiger partial charge on any atom is -0.410 e. The minimum atomic E-state index is -0.453. The SMILES string of the molecule is CCCCCCCCCCCCCCCc1cccc(OC(=O)NCCCCCCNC(=O)N[C@@H]2CCCC[C@H]2NC(=O)NCCCCCCNC(=O)Oc2cccc(CCCCCCCCCCCCCCC)c2)c1.CCCCCCCCCCCCCCCc1cccc(OC(=O)NCCCCCCNC(=O)N[C@H]2CCCC[C@@H]2NC(=O)NCCCCCCNC(=O)Oc2cccc(C)c2)c1. The number of nitrogens with one attached hydrogen (secondary N) is 12. The molecule has 0 aromatic heterocycles. The molecule has 24 nitrogen and oxygen atoms in total. The molecule has 6 rings (SSSR count). The van der Waals surface area contributed by atoms with Crippen molar-refractivity contribution >= 4 is 48.5 Å². The molecular weight excluding hydrogens is 1730 g/mol. The molecule has 12 amide bonds. The van der Waals surface area contributed by atoms with E-state index in [4.69, 9.17) is 18.9 Å². The molecule has 138 heavy (non-hydrogen) atoms. The van der Waals surface area contributed by atoms with E-state index in [1.165, 1.54) is 248 Å². The van der Waals surface area contributed by atoms with Gasteiger partial charge in [-0.3, -0.25) is 0 Å². The minimum absolute atomic E-state index is 0.114. The van der Waals surface area contributed by atoms with E-state index in [-0.39, 0.29) is 48.3 Å². The van der Waals surface area contributed by atoms with Crippen LogP contribution in [-0.4, -0.2) is 125 Å². The van der Waals surface area contributed by atoms with Crippen LogP contribution in [0.25, 0.3) is 0 Å². The van der Waals surface area contributed by atoms with E-state index in [0.717, 1.165) is 198 Å². The van der Waals surface area contributed by atoms with Gasteiger partial charge < -0.3 is 82.7 Å². The standard InChI is InChI=1S/C64H110N6O6.C50H82N6O6/c1-3-5-7-9-11-13-15-17-19-21-23-25-31-41-55-43-39-45-57(53-55)75-63(73)67-51-37-29-27-35-49-65-61(71)69-59-47-33-34-48-60(59)70-62(72)66-50-36-28-30-38-52-68-64(74)76-58-46-40-44-56(54-58)42-32-26-24-22-20-18-16-14-12-10-8-6-4-2;1-3-4-5-6-7-8-9-10-11-12-13-14-19-29-42-30-27-32-44(40-42)62-50(60)54-38-25-18-16-23-36-52-48(58)56-46-34-21-20-33-45(46)55-47(57)51-35-22-15-17-24-37-53-49(59)61-43-31-26-28-41(2)39-43/h39-40,43-46,53-54,59-60H,3-38,41-42,47-52H2,1-2H3,(H,67,73)(H,68,74)(H2,65,69,71)(H2,66,70,72);26-28,30-32,39-40,45-46H,3-25,29,33-38H2,1-2H3,(H,53,59)(H,54,60)(H2,51,55,57)(H2,52,56,58)/t59-,60-;45-,46-/m10/s1. The molecule has 4 atom stereocenters. The summed E-state index contributed by atoms with van der Waals surface area (Å²) >= 11 is 0. The summed E-state index contributed by atoms with van der Waals surface area (Å²) in [6, 6.07) is 29.8. The zero-order valence-corrected chi connectivity index (χ0v) is 86.8. The van der Waals surface area contributed by atoms with Crippen molar-refractivity contribution in [3.8, 4) is 23.0 Å². The molecule has 12 N–H and O–H groups in total. The number of carbonyl (C=O) groups excluding carboxylic acids is 8. The van der Waals surface area contributed by atoms with Gasteiger partial charge >= 0.3 is 48.5 Å². The van der Waals surface area contributed by atoms with E-state index >= 15 is 0 Å². The van der Waals surface area contributed by atoms with Crippen LogP contribution in [0.15, 0.2) is 97.1 Å². The van der Waals surface area contributed by atoms with Gasteiger partial charge in [-0.05, 0) is 193 Å². The summed E-state index contributed by atoms with van der Waals surface area (Å²) in [5.41, 5.74) is 4.66. The van der Waals surface area contributed by atoms with Gasteiger partial charge in [0.25, 0.3) is 0 Å². The highest BCUT2D eigenvalue weighted by Crippen LogP contribution is 2.26. The van der Waals surface area contributed by atoms with Crippen LogP contribution in [0.5, 0.6) is 23.0 Å². The first-order chi connectivity index (χ1) is 67.7. The fourth-order valence-electron chi connectivity index (χ4n) is 18.4. The third-order valence-corrected chi connectivity index (χ3v) is 26.7. The Kier molecular flexibility index (Phi) is 72.6. The molecule has 2 fully saturated rings. The van der Waals surface area contributed by atoms with Crippen molar-refractivity contribution in [2.75, 3.05) is 52.4 Å². The van der Waals surface area contributed by atoms with Crippen LogP contribution in [-0.2, 0) is 19.3 Å². The lowest BCUT2D eigenvalue weighted by molar-refractivity contribution is 0.199. The van der Waals surface area contributed by atoms with E-state index < -0.39 is 24.4 Å². The fraction of sp³-hybridized carbons (Fsp3) is 0.719. The molecule has 24 heteroatoms. The molecule has 4 aromatic rings. The zero-order chi connectivity index (χ0) is 98.5. The van der Waals surface area contributed by atoms with Gasteiger partial charge in [-0.1, -0.05) is 378 Å². The van der Waals surface area contributed by atoms with Crippen molar-refractivity contribution < 1.29 is 57.3 Å². The predicted octanol–water partition coefficient (Wildman–Crippen LogP) is 28.4. The highest BCUT2D eigenvalue weighted by Gasteiger charge is 2.30. The number of amides is 12. The van der Waals surface area contributed by atoms with Gasteiger partial charge in [0, 0.05) is 52.4 Å². The quantitative estimate of drug-likeness (QED) is 0.0184. The Bertz CT molecular complexity index is 3630. The van der Waals surface area contributed by atoms with Gasteiger partial charge in [0.15, 0.2) is 0 Å². The van der Waals surface area contributed by atoms with Gasteiger partial charge in [-0.2, -0.15) is 0 Å². The molecule has 4 aromatic carbocycles. The maximum absolute atomic E-state index is 12.8. The average Bonchev–Trinajstić information content (AvgIpc) is 0.869. The molecule has 0 bridgehead atoms. The van der Waals surface area contributed by atoms with E-state index in [1.54, 1.807) is 6.07 Å². The smallest absolute Gasteiger partial charge is 0.410 e. The maximum atomic E-state index is 12.8. The molecule has 0 saturated heterocycles. The van der Waals surface area contributed by atoms with Crippen LogP contribution in [0.4, 0.5) is 38.4 Å². The number of carbonyl (C=O) groups is 8. The van der Waals surface area contributed by atoms with Gasteiger partial charge in [0.05, 0.1) is 24.2 Å². The lowest BCUT2D eigenvalue weighted by atomic mass is 9.90. The zero-order valence-electron chi connectivity index (χ0n) is 86.8. The number of unbranched alkanes of at least 4 members (excludes halogenated alkanes) is 48. The summed E-state index contributed by atoms with van der Waals surface area (Å²) in [6.45, 7) is 13.2. The summed E-state index contributed by atoms with van der Waals surface area (Å²) in [5.74, 6) is 2.29. The number of benzene rings is 4. The van der Waals surface area contributed by atoms with Crippen molar-refractivity contribution in [3.05, 3.63) is 119 Å². The van der Waals surface area contributed by atoms with Crippen molar-refractivity contribution in [2.45, 2.75) is 476 Å². The van der Waals surface area contributed by atoms with Gasteiger partial charge in [-0.25, -0.2) is 38.4 Å². The third kappa shape index (κ3) is 66.6. The summed E-state index contributed by atoms with van der Waals surface area (Å²) in [4.78, 5) is 100. The van der Waals surface area contributed by atoms with Gasteiger partial charge in [0.2, 0.25) is 0 Å². The van der Waals surface area contributed by atoms with Crippen molar-refractivity contribution in [1.82, 2.24) is 63.8 Å². The number of hydrogen-bond donors (Lipinski definition) is 12. The molecule has 780 valence electrons. The van der Waals surface area contributed by atoms with Crippen LogP contribution in [0.2, 0.25) is 0 Å². The van der Waals surface area contributed by atoms with Crippen molar-refractivity contribution in [3.63, 3.8) is 0 Å². The first kappa shape index (κ1) is 120. The first-order valence-corrected chi connectivity index (χ1v) is 56.0. The molecule has 0 unspecified atom stereocenters. The number of ether oxygens (including phenoxy) is 4. The number of rotatable bonds is 78. The number of hydrogen-bond acceptors (Lipinski definition) is 12. The lowest BCUT2D eigenvalue weighted by Crippen LogP contribution is -2.56. The summed E-state index contributed by atoms with van der Waals surface area (Å²) in [6.07, 6.45) is 75.3. The summed E-state index contributed by atoms with van der Waals surface area (Å²) in [5, 5.41) is 35.6. The third-order valence-electron chi connectivity index (χ3n) is 26.7. The molecule has 2 aliphatic rings. The highest BCUT2D eigenvalue weighted by atomic mass is 16.6. The summed E-state index contributed by atoms with van der Waals surface area (Å²) in [7, 11) is 0. The molecule has 0 spiro atoms. The monoisotopic (exact) mass is 1920 g/mol. The number of urea groups is 4. The topological polar surface area (TPSA) is 318 Å². The van der Waals surface area contributed by atoms with Gasteiger partial charge in [0.1, 0.15) is 23.0 Å². The second-order valence-corrected chi connectivity index (χ2v) is 39.3. The Morgan fingerprint density at radius 2 is 0.406 bits per heavy atom. The maximum Gasteiger partial charge on any atom is 0.412 e. The van der Waals surface area contributed by atoms with Crippen molar-refractivity contribution in [1.29, 1.82) is 0 Å². The molecule has 0 heterocycles. The van der Waals surface area contributed by atoms with Crippen LogP contribution in [0.1, 0.15) is 448 Å². The Hall–Kier alpha value is -8.96. The van der Waals surface area contributed by atoms with Crippen LogP contribution in [0.3, 0.4) is 0 Å². The van der Waals surface area contributed by atoms with E-state index in [1.807, 2.05) is 79.7 Å². The first-order valence-electron chi connectivity index (χ1n) is 56.0. The normalized spacial score (nSPS) is 14.4. The van der Waals surface area contributed by atoms with Crippen LogP contribution >= 0.6 is 0 Å². The van der Waals surface area contributed by atoms with E-state index in [0.29, 0.717) is 75.4 Å². The van der Waals surface area contributed by atoms with Crippen molar-refractivity contribution in [2.24, 2.45) is 0 Å². The largest absolute Gasteiger partial charge is 0.412 e. The Morgan fingerprint density at radius 3 is 0.616 bits per heavy atom. The van der Waals surface area contributed by atoms with Crippen LogP contribution in [0, 0.1) is 6.92 Å². The molecule has 0 aliphatic heterocycles. The molecule has 2 aliphatic carbocycles. The highest BCUT2D eigenvalue weighted by molar-refractivity contribution is 5.77. The number of aryl methyl sites for hydroxylation is 4. The Balaban J connectivity index is 0.000000497. The molecule has 0 radical (unpaired) electrons. The summed E-state index contributed by atoms with van der Waals surface area (Å²) < 4.78 is 22.0. The second kappa shape index (κ2) is 83.8. The lowest BCUT2D eigenvalue weighted by Gasteiger charge is -2.32. The van der Waals surface area contributed by atoms with Crippen LogP contribution < -0.4 is 82.7 Å². The Morgan fingerprint density at radius 1 is 0.225 bits per heavy atom. The second-order valence-electron chi connectivity index (χ2n) is 39.3. The predicted molar refractivity (Wildman–Crippen MR) is 567 cm³/mol.